The number of nitrogens with one attached hydrogen (secondary N) is 2. The summed E-state index contributed by atoms with van der Waals surface area (Å²) in [4.78, 5) is 83.4. The van der Waals surface area contributed by atoms with E-state index in [4.69, 9.17) is 24.1 Å². The Balaban J connectivity index is 0.000000200. The zero-order chi connectivity index (χ0) is 54.0. The minimum absolute atomic E-state index is 0.0298. The number of aromatic nitrogens is 6. The molecule has 4 N–H and O–H groups in total. The van der Waals surface area contributed by atoms with Crippen molar-refractivity contribution in [2.24, 2.45) is 11.8 Å². The second-order valence-electron chi connectivity index (χ2n) is 19.0. The van der Waals surface area contributed by atoms with Crippen molar-refractivity contribution in [1.29, 1.82) is 0 Å². The van der Waals surface area contributed by atoms with E-state index in [0.717, 1.165) is 13.8 Å². The Kier molecular flexibility index (Phi) is 15.9. The number of hydrogen-bond donors (Lipinski definition) is 4. The minimum atomic E-state index is -4.50. The molecule has 6 atom stereocenters. The standard InChI is InChI=1S/C25H29F3N6O5.C22H25F3N6O5/c1-14(25(26,27)28)8-20(35)18-4-5-19-21(31-18)34(15-6-7-33(19)11-15)23(36)32-22-29-9-16(10-30-22)37-12-17-13-38-24(2,3)39-17;1-12(22(23,24)25)6-18(34)16-2-3-17-19(28-16)31(13-4-5-30(17)9-13)21(35)29-20-26-7-15(8-27-20)36-11-14(33)10-32/h4-5,9-10,14-15,17H,6-8,11-13H2,1-3H3,(H,29,30,32,36);2-3,7-8,12-14,32-33H,4-6,9-11H2,1H3,(H,26,27,29,35)/t14-,15-,17-;12-,13-,14+/m00/s1. The first-order chi connectivity index (χ1) is 35.5. The SMILES string of the molecule is C[C@@H](CC(=O)c1ccc2c(n1)N(C(=O)Nc1ncc(OC[C@H](O)CO)cn1)[C@H]1CCN2C1)C(F)(F)F.C[C@@H](CC(=O)c1ccc2c(n1)N(C(=O)Nc1ncc(OC[C@H]3COC(C)(C)O3)cn1)[C@H]1CCN2C1)C(F)(F)F. The van der Waals surface area contributed by atoms with Crippen molar-refractivity contribution in [1.82, 2.24) is 29.9 Å². The summed E-state index contributed by atoms with van der Waals surface area (Å²) < 4.78 is 99.8. The molecule has 3 saturated heterocycles. The lowest BCUT2D eigenvalue weighted by Crippen LogP contribution is -2.48. The highest BCUT2D eigenvalue weighted by Gasteiger charge is 2.44. The quantitative estimate of drug-likeness (QED) is 0.0809. The molecule has 4 aromatic heterocycles. The van der Waals surface area contributed by atoms with E-state index in [0.29, 0.717) is 62.8 Å². The molecule has 22 nitrogen and oxygen atoms in total. The largest absolute Gasteiger partial charge is 0.488 e. The lowest BCUT2D eigenvalue weighted by atomic mass is 10.0. The summed E-state index contributed by atoms with van der Waals surface area (Å²) in [5.74, 6) is -4.80. The van der Waals surface area contributed by atoms with Crippen LogP contribution in [0.2, 0.25) is 0 Å². The van der Waals surface area contributed by atoms with Crippen LogP contribution in [0.15, 0.2) is 49.1 Å². The topological polar surface area (TPSA) is 260 Å². The normalized spacial score (nSPS) is 20.5. The van der Waals surface area contributed by atoms with Gasteiger partial charge in [-0.15, -0.1) is 0 Å². The Morgan fingerprint density at radius 2 is 1.17 bits per heavy atom. The van der Waals surface area contributed by atoms with Gasteiger partial charge in [0.05, 0.1) is 73.3 Å². The predicted octanol–water partition coefficient (Wildman–Crippen LogP) is 5.81. The van der Waals surface area contributed by atoms with Gasteiger partial charge < -0.3 is 39.0 Å². The number of rotatable bonds is 15. The van der Waals surface area contributed by atoms with Crippen LogP contribution < -0.4 is 39.7 Å². The van der Waals surface area contributed by atoms with Crippen LogP contribution in [0.4, 0.5) is 70.8 Å². The van der Waals surface area contributed by atoms with E-state index in [-0.39, 0.29) is 72.1 Å². The summed E-state index contributed by atoms with van der Waals surface area (Å²) in [5, 5.41) is 23.4. The van der Waals surface area contributed by atoms with Crippen LogP contribution in [-0.2, 0) is 9.47 Å². The molecule has 4 aromatic rings. The van der Waals surface area contributed by atoms with Crippen molar-refractivity contribution in [3.8, 4) is 11.5 Å². The number of ether oxygens (including phenoxy) is 4. The number of aliphatic hydroxyl groups excluding tert-OH is 2. The van der Waals surface area contributed by atoms with E-state index in [2.05, 4.69) is 40.5 Å². The summed E-state index contributed by atoms with van der Waals surface area (Å²) >= 11 is 0. The van der Waals surface area contributed by atoms with E-state index in [9.17, 15) is 50.6 Å². The molecular weight excluding hydrogens is 1010 g/mol. The molecule has 0 aliphatic carbocycles. The molecular formula is C47H54F6N12O10. The Morgan fingerprint density at radius 1 is 0.733 bits per heavy atom. The first kappa shape index (κ1) is 54.2. The molecule has 4 bridgehead atoms. The highest BCUT2D eigenvalue weighted by atomic mass is 19.4. The predicted molar refractivity (Wildman–Crippen MR) is 254 cm³/mol. The third-order valence-electron chi connectivity index (χ3n) is 12.9. The molecule has 0 spiro atoms. The van der Waals surface area contributed by atoms with Gasteiger partial charge in [-0.2, -0.15) is 26.3 Å². The average molecular weight is 1060 g/mol. The maximum absolute atomic E-state index is 13.3. The summed E-state index contributed by atoms with van der Waals surface area (Å²) in [6, 6.07) is 4.36. The number of pyridine rings is 2. The number of amides is 4. The Hall–Kier alpha value is -7.04. The van der Waals surface area contributed by atoms with Crippen LogP contribution in [-0.4, -0.2) is 159 Å². The molecule has 9 rings (SSSR count). The molecule has 0 aromatic carbocycles. The van der Waals surface area contributed by atoms with Gasteiger partial charge in [0.15, 0.2) is 40.5 Å². The number of carbonyl (C=O) groups excluding carboxylic acids is 4. The molecule has 4 amide bonds. The second kappa shape index (κ2) is 22.0. The molecule has 404 valence electrons. The number of carbonyl (C=O) groups is 4. The third kappa shape index (κ3) is 12.9. The van der Waals surface area contributed by atoms with Gasteiger partial charge in [-0.25, -0.2) is 39.5 Å². The number of halogens is 6. The lowest BCUT2D eigenvalue weighted by Gasteiger charge is -2.35. The van der Waals surface area contributed by atoms with Gasteiger partial charge in [-0.1, -0.05) is 13.8 Å². The Bertz CT molecular complexity index is 2720. The number of hydrogen-bond acceptors (Lipinski definition) is 18. The molecule has 9 heterocycles. The van der Waals surface area contributed by atoms with Gasteiger partial charge >= 0.3 is 24.4 Å². The van der Waals surface area contributed by atoms with Gasteiger partial charge in [0, 0.05) is 39.0 Å². The van der Waals surface area contributed by atoms with E-state index in [1.165, 1.54) is 46.7 Å². The molecule has 3 fully saturated rings. The van der Waals surface area contributed by atoms with Crippen molar-refractivity contribution in [3.05, 3.63) is 60.4 Å². The van der Waals surface area contributed by atoms with Crippen LogP contribution in [0.25, 0.3) is 0 Å². The fourth-order valence-corrected chi connectivity index (χ4v) is 8.75. The van der Waals surface area contributed by atoms with Gasteiger partial charge in [-0.05, 0) is 51.0 Å². The van der Waals surface area contributed by atoms with Crippen molar-refractivity contribution < 1.29 is 74.7 Å². The first-order valence-corrected chi connectivity index (χ1v) is 23.9. The van der Waals surface area contributed by atoms with Crippen LogP contribution in [0.5, 0.6) is 11.5 Å². The number of ketones is 2. The van der Waals surface area contributed by atoms with Gasteiger partial charge in [0.25, 0.3) is 0 Å². The van der Waals surface area contributed by atoms with Gasteiger partial charge in [0.1, 0.15) is 36.8 Å². The summed E-state index contributed by atoms with van der Waals surface area (Å²) in [6.07, 6.45) is -5.05. The molecule has 28 heteroatoms. The summed E-state index contributed by atoms with van der Waals surface area (Å²) in [5.41, 5.74) is 0.965. The average Bonchev–Trinajstić information content (AvgIpc) is 4.10. The van der Waals surface area contributed by atoms with Crippen molar-refractivity contribution in [2.75, 3.05) is 82.8 Å². The number of urea groups is 2. The summed E-state index contributed by atoms with van der Waals surface area (Å²) in [6.45, 7) is 8.00. The Labute approximate surface area is 424 Å². The van der Waals surface area contributed by atoms with Crippen LogP contribution in [0.3, 0.4) is 0 Å². The van der Waals surface area contributed by atoms with Crippen LogP contribution in [0, 0.1) is 11.8 Å². The third-order valence-corrected chi connectivity index (χ3v) is 12.9. The molecule has 5 aliphatic rings. The minimum Gasteiger partial charge on any atom is -0.488 e. The number of aliphatic hydroxyl groups is 2. The van der Waals surface area contributed by atoms with Crippen LogP contribution in [0.1, 0.15) is 74.4 Å². The zero-order valence-corrected chi connectivity index (χ0v) is 41.0. The molecule has 0 saturated carbocycles. The highest BCUT2D eigenvalue weighted by Crippen LogP contribution is 2.41. The van der Waals surface area contributed by atoms with E-state index in [1.807, 2.05) is 23.6 Å². The summed E-state index contributed by atoms with van der Waals surface area (Å²) in [7, 11) is 0. The lowest BCUT2D eigenvalue weighted by molar-refractivity contribution is -0.169. The number of nitrogens with zero attached hydrogens (tertiary/aromatic N) is 10. The number of Topliss-reactive ketones (excluding diaryl/α,β-unsaturated/α-hetero) is 2. The number of anilines is 6. The Morgan fingerprint density at radius 3 is 1.57 bits per heavy atom. The smallest absolute Gasteiger partial charge is 0.391 e. The molecule has 75 heavy (non-hydrogen) atoms. The fourth-order valence-electron chi connectivity index (χ4n) is 8.75. The maximum atomic E-state index is 13.3. The van der Waals surface area contributed by atoms with Crippen molar-refractivity contribution >= 4 is 58.5 Å². The van der Waals surface area contributed by atoms with E-state index < -0.39 is 79.2 Å². The molecule has 0 radical (unpaired) electrons. The van der Waals surface area contributed by atoms with Crippen molar-refractivity contribution in [3.63, 3.8) is 0 Å². The van der Waals surface area contributed by atoms with E-state index >= 15 is 0 Å². The van der Waals surface area contributed by atoms with Gasteiger partial charge in [-0.3, -0.25) is 30.0 Å². The second-order valence-corrected chi connectivity index (χ2v) is 19.0. The zero-order valence-electron chi connectivity index (χ0n) is 41.0. The monoisotopic (exact) mass is 1060 g/mol. The highest BCUT2D eigenvalue weighted by molar-refractivity contribution is 6.06. The van der Waals surface area contributed by atoms with E-state index in [1.54, 1.807) is 12.1 Å². The van der Waals surface area contributed by atoms with Crippen LogP contribution >= 0.6 is 0 Å². The number of fused-ring (bicyclic) bond motifs is 8. The maximum Gasteiger partial charge on any atom is 0.391 e. The first-order valence-electron chi connectivity index (χ1n) is 23.9. The molecule has 0 unspecified atom stereocenters. The molecule has 5 aliphatic heterocycles. The van der Waals surface area contributed by atoms with Gasteiger partial charge in [0.2, 0.25) is 11.9 Å². The number of alkyl halides is 6. The fraction of sp³-hybridized carbons (Fsp3) is 0.532. The van der Waals surface area contributed by atoms with Crippen molar-refractivity contribution in [2.45, 2.75) is 95.8 Å².